The Morgan fingerprint density at radius 2 is 1.04 bits per heavy atom. The van der Waals surface area contributed by atoms with E-state index in [0.29, 0.717) is 5.82 Å². The van der Waals surface area contributed by atoms with Gasteiger partial charge in [0.05, 0.1) is 22.4 Å². The molecule has 0 saturated heterocycles. The van der Waals surface area contributed by atoms with Gasteiger partial charge in [-0.1, -0.05) is 140 Å². The molecule has 0 radical (unpaired) electrons. The third-order valence-corrected chi connectivity index (χ3v) is 10.7. The number of aromatic nitrogens is 3. The van der Waals surface area contributed by atoms with Crippen LogP contribution in [0.2, 0.25) is 0 Å². The van der Waals surface area contributed by atoms with Crippen LogP contribution in [0.15, 0.2) is 176 Å². The van der Waals surface area contributed by atoms with Crippen molar-refractivity contribution in [2.75, 3.05) is 0 Å². The van der Waals surface area contributed by atoms with Crippen molar-refractivity contribution in [1.82, 2.24) is 14.5 Å². The maximum Gasteiger partial charge on any atom is 0.160 e. The minimum Gasteiger partial charge on any atom is -0.309 e. The molecule has 0 amide bonds. The highest BCUT2D eigenvalue weighted by Crippen LogP contribution is 2.41. The van der Waals surface area contributed by atoms with Gasteiger partial charge in [-0.2, -0.15) is 0 Å². The van der Waals surface area contributed by atoms with Gasteiger partial charge in [0.1, 0.15) is 0 Å². The Hall–Kier alpha value is -6.36. The second-order valence-corrected chi connectivity index (χ2v) is 13.7. The van der Waals surface area contributed by atoms with Gasteiger partial charge in [0.15, 0.2) is 5.82 Å². The fourth-order valence-corrected chi connectivity index (χ4v) is 8.43. The van der Waals surface area contributed by atoms with Crippen LogP contribution in [0.5, 0.6) is 0 Å². The van der Waals surface area contributed by atoms with E-state index in [9.17, 15) is 0 Å². The number of hydrogen-bond acceptors (Lipinski definition) is 3. The molecule has 0 aliphatic heterocycles. The molecule has 50 heavy (non-hydrogen) atoms. The molecule has 0 aliphatic rings. The Labute approximate surface area is 293 Å². The van der Waals surface area contributed by atoms with E-state index in [2.05, 4.69) is 156 Å². The predicted octanol–water partition coefficient (Wildman–Crippen LogP) is 12.6. The van der Waals surface area contributed by atoms with E-state index in [0.717, 1.165) is 33.8 Å². The van der Waals surface area contributed by atoms with E-state index in [1.165, 1.54) is 53.1 Å². The maximum absolute atomic E-state index is 5.14. The zero-order valence-electron chi connectivity index (χ0n) is 27.0. The minimum atomic E-state index is 0.711. The number of fused-ring (bicyclic) bond motifs is 6. The van der Waals surface area contributed by atoms with Crippen LogP contribution in [-0.2, 0) is 0 Å². The summed E-state index contributed by atoms with van der Waals surface area (Å²) < 4.78 is 5.05. The second kappa shape index (κ2) is 11.7. The Morgan fingerprint density at radius 1 is 0.400 bits per heavy atom. The Balaban J connectivity index is 1.19. The molecule has 0 spiro atoms. The van der Waals surface area contributed by atoms with Crippen molar-refractivity contribution in [2.45, 2.75) is 0 Å². The molecule has 3 heterocycles. The molecular weight excluding hydrogens is 627 g/mol. The predicted molar refractivity (Wildman–Crippen MR) is 211 cm³/mol. The van der Waals surface area contributed by atoms with Crippen molar-refractivity contribution < 1.29 is 0 Å². The summed E-state index contributed by atoms with van der Waals surface area (Å²) in [5, 5.41) is 5.10. The first kappa shape index (κ1) is 28.6. The minimum absolute atomic E-state index is 0.711. The summed E-state index contributed by atoms with van der Waals surface area (Å²) in [5.41, 5.74) is 10.8. The van der Waals surface area contributed by atoms with E-state index in [-0.39, 0.29) is 0 Å². The summed E-state index contributed by atoms with van der Waals surface area (Å²) in [5.74, 6) is 0.711. The van der Waals surface area contributed by atoms with Crippen LogP contribution >= 0.6 is 11.3 Å². The SMILES string of the molecule is c1ccc(-c2cc(-c3cccc(-n4c5ccccc5c5cccc(-c6ccc7c(c6)sc6ccccc67)c54)c3)nc(-c3ccccc3)n2)cc1. The first-order valence-electron chi connectivity index (χ1n) is 16.8. The lowest BCUT2D eigenvalue weighted by atomic mass is 10.0. The molecule has 0 atom stereocenters. The van der Waals surface area contributed by atoms with E-state index in [1.807, 2.05) is 35.6 Å². The van der Waals surface area contributed by atoms with Crippen molar-refractivity contribution in [3.8, 4) is 50.7 Å². The summed E-state index contributed by atoms with van der Waals surface area (Å²) >= 11 is 1.86. The molecule has 10 rings (SSSR count). The fraction of sp³-hybridized carbons (Fsp3) is 0. The molecule has 234 valence electrons. The highest BCUT2D eigenvalue weighted by molar-refractivity contribution is 7.25. The Morgan fingerprint density at radius 3 is 1.88 bits per heavy atom. The van der Waals surface area contributed by atoms with Gasteiger partial charge in [-0.3, -0.25) is 0 Å². The molecule has 0 unspecified atom stereocenters. The van der Waals surface area contributed by atoms with Crippen LogP contribution in [0.1, 0.15) is 0 Å². The molecule has 0 saturated carbocycles. The number of rotatable bonds is 5. The van der Waals surface area contributed by atoms with Gasteiger partial charge < -0.3 is 4.57 Å². The average Bonchev–Trinajstić information content (AvgIpc) is 3.74. The van der Waals surface area contributed by atoms with Gasteiger partial charge in [-0.05, 0) is 42.0 Å². The van der Waals surface area contributed by atoms with Gasteiger partial charge >= 0.3 is 0 Å². The van der Waals surface area contributed by atoms with E-state index >= 15 is 0 Å². The van der Waals surface area contributed by atoms with Crippen LogP contribution < -0.4 is 0 Å². The molecule has 3 nitrogen and oxygen atoms in total. The molecule has 0 N–H and O–H groups in total. The lowest BCUT2D eigenvalue weighted by molar-refractivity contribution is 1.16. The van der Waals surface area contributed by atoms with Gasteiger partial charge in [-0.25, -0.2) is 9.97 Å². The summed E-state index contributed by atoms with van der Waals surface area (Å²) in [7, 11) is 0. The van der Waals surface area contributed by atoms with Crippen LogP contribution in [0.3, 0.4) is 0 Å². The number of hydrogen-bond donors (Lipinski definition) is 0. The summed E-state index contributed by atoms with van der Waals surface area (Å²) in [4.78, 5) is 10.2. The van der Waals surface area contributed by atoms with Gasteiger partial charge in [0, 0.05) is 58.9 Å². The Kier molecular flexibility index (Phi) is 6.68. The topological polar surface area (TPSA) is 30.7 Å². The normalized spacial score (nSPS) is 11.6. The van der Waals surface area contributed by atoms with E-state index < -0.39 is 0 Å². The first-order valence-corrected chi connectivity index (χ1v) is 17.6. The molecule has 0 aliphatic carbocycles. The first-order chi connectivity index (χ1) is 24.8. The molecular formula is C46H29N3S. The van der Waals surface area contributed by atoms with Crippen molar-refractivity contribution in [3.05, 3.63) is 176 Å². The highest BCUT2D eigenvalue weighted by atomic mass is 32.1. The third-order valence-electron chi connectivity index (χ3n) is 9.61. The van der Waals surface area contributed by atoms with E-state index in [1.54, 1.807) is 0 Å². The molecule has 4 heteroatoms. The molecule has 7 aromatic carbocycles. The van der Waals surface area contributed by atoms with Crippen molar-refractivity contribution in [1.29, 1.82) is 0 Å². The molecule has 10 aromatic rings. The largest absolute Gasteiger partial charge is 0.309 e. The number of thiophene rings is 1. The number of benzene rings is 7. The van der Waals surface area contributed by atoms with Crippen LogP contribution in [-0.4, -0.2) is 14.5 Å². The fourth-order valence-electron chi connectivity index (χ4n) is 7.29. The van der Waals surface area contributed by atoms with Crippen LogP contribution in [0.4, 0.5) is 0 Å². The average molecular weight is 656 g/mol. The number of nitrogens with zero attached hydrogens (tertiary/aromatic N) is 3. The Bertz CT molecular complexity index is 2810. The maximum atomic E-state index is 5.14. The lowest BCUT2D eigenvalue weighted by Crippen LogP contribution is -1.98. The molecule has 0 bridgehead atoms. The van der Waals surface area contributed by atoms with Crippen molar-refractivity contribution in [2.24, 2.45) is 0 Å². The monoisotopic (exact) mass is 655 g/mol. The quantitative estimate of drug-likeness (QED) is 0.185. The summed E-state index contributed by atoms with van der Waals surface area (Å²) in [6.07, 6.45) is 0. The van der Waals surface area contributed by atoms with Gasteiger partial charge in [0.2, 0.25) is 0 Å². The van der Waals surface area contributed by atoms with Gasteiger partial charge in [0.25, 0.3) is 0 Å². The van der Waals surface area contributed by atoms with Gasteiger partial charge in [-0.15, -0.1) is 11.3 Å². The van der Waals surface area contributed by atoms with Crippen molar-refractivity contribution in [3.63, 3.8) is 0 Å². The summed E-state index contributed by atoms with van der Waals surface area (Å²) in [6, 6.07) is 62.5. The molecule has 3 aromatic heterocycles. The zero-order chi connectivity index (χ0) is 33.0. The number of para-hydroxylation sites is 2. The molecule has 0 fully saturated rings. The third kappa shape index (κ3) is 4.73. The lowest BCUT2D eigenvalue weighted by Gasteiger charge is -2.14. The van der Waals surface area contributed by atoms with E-state index in [4.69, 9.17) is 9.97 Å². The zero-order valence-corrected chi connectivity index (χ0v) is 27.8. The standard InChI is InChI=1S/C46H29N3S/c1-3-13-30(14-4-1)40-29-41(48-46(47-40)31-15-5-2-6-16-31)33-17-11-18-34(27-33)49-42-23-9-7-19-36(42)39-22-12-21-35(45(39)49)32-25-26-38-37-20-8-10-24-43(37)50-44(38)28-32/h1-29H. The van der Waals surface area contributed by atoms with Crippen LogP contribution in [0.25, 0.3) is 92.7 Å². The second-order valence-electron chi connectivity index (χ2n) is 12.6. The smallest absolute Gasteiger partial charge is 0.160 e. The summed E-state index contributed by atoms with van der Waals surface area (Å²) in [6.45, 7) is 0. The van der Waals surface area contributed by atoms with Crippen LogP contribution in [0, 0.1) is 0 Å². The highest BCUT2D eigenvalue weighted by Gasteiger charge is 2.18. The van der Waals surface area contributed by atoms with Crippen molar-refractivity contribution >= 4 is 53.3 Å².